The lowest BCUT2D eigenvalue weighted by molar-refractivity contribution is 0.0630. The molecule has 1 fully saturated rings. The van der Waals surface area contributed by atoms with Gasteiger partial charge in [0.1, 0.15) is 12.0 Å². The van der Waals surface area contributed by atoms with Gasteiger partial charge in [0.25, 0.3) is 5.91 Å². The number of amides is 1. The second-order valence-corrected chi connectivity index (χ2v) is 5.66. The van der Waals surface area contributed by atoms with Crippen molar-refractivity contribution in [3.63, 3.8) is 0 Å². The van der Waals surface area contributed by atoms with Crippen LogP contribution in [0.25, 0.3) is 0 Å². The Labute approximate surface area is 136 Å². The van der Waals surface area contributed by atoms with Crippen molar-refractivity contribution >= 4 is 5.91 Å². The van der Waals surface area contributed by atoms with E-state index in [2.05, 4.69) is 4.90 Å². The quantitative estimate of drug-likeness (QED) is 0.769. The molecule has 5 heteroatoms. The Morgan fingerprint density at radius 1 is 1.09 bits per heavy atom. The van der Waals surface area contributed by atoms with Crippen LogP contribution in [0.15, 0.2) is 53.3 Å². The predicted molar refractivity (Wildman–Crippen MR) is 87.6 cm³/mol. The molecule has 1 aromatic heterocycles. The van der Waals surface area contributed by atoms with E-state index in [0.717, 1.165) is 51.5 Å². The van der Waals surface area contributed by atoms with Gasteiger partial charge < -0.3 is 14.1 Å². The summed E-state index contributed by atoms with van der Waals surface area (Å²) >= 11 is 0. The van der Waals surface area contributed by atoms with E-state index in [1.165, 1.54) is 12.5 Å². The summed E-state index contributed by atoms with van der Waals surface area (Å²) in [7, 11) is 0. The molecule has 1 aliphatic rings. The molecular weight excluding hydrogens is 292 g/mol. The molecule has 3 rings (SSSR count). The van der Waals surface area contributed by atoms with E-state index >= 15 is 0 Å². The van der Waals surface area contributed by atoms with Crippen LogP contribution in [0.4, 0.5) is 0 Å². The number of rotatable bonds is 6. The van der Waals surface area contributed by atoms with E-state index in [9.17, 15) is 4.79 Å². The predicted octanol–water partition coefficient (Wildman–Crippen LogP) is 2.51. The first-order chi connectivity index (χ1) is 11.3. The molecule has 0 spiro atoms. The monoisotopic (exact) mass is 314 g/mol. The summed E-state index contributed by atoms with van der Waals surface area (Å²) in [4.78, 5) is 16.5. The number of carbonyl (C=O) groups excluding carboxylic acids is 1. The fraction of sp³-hybridized carbons (Fsp3) is 0.389. The van der Waals surface area contributed by atoms with Gasteiger partial charge >= 0.3 is 0 Å². The van der Waals surface area contributed by atoms with Crippen molar-refractivity contribution in [1.82, 2.24) is 9.80 Å². The third-order valence-corrected chi connectivity index (χ3v) is 4.06. The van der Waals surface area contributed by atoms with Crippen LogP contribution in [0.3, 0.4) is 0 Å². The number of benzene rings is 1. The van der Waals surface area contributed by atoms with Gasteiger partial charge in [0, 0.05) is 32.7 Å². The van der Waals surface area contributed by atoms with Crippen LogP contribution in [0.2, 0.25) is 0 Å². The molecule has 2 aromatic rings. The Bertz CT molecular complexity index is 590. The molecule has 0 atom stereocenters. The highest BCUT2D eigenvalue weighted by molar-refractivity contribution is 5.93. The SMILES string of the molecule is O=C(c1ccoc1)N1CCN(CCCOc2ccccc2)CC1. The fourth-order valence-electron chi connectivity index (χ4n) is 2.74. The molecule has 0 radical (unpaired) electrons. The first-order valence-corrected chi connectivity index (χ1v) is 8.04. The van der Waals surface area contributed by atoms with Gasteiger partial charge in [-0.15, -0.1) is 0 Å². The molecule has 0 bridgehead atoms. The van der Waals surface area contributed by atoms with E-state index in [1.807, 2.05) is 35.2 Å². The highest BCUT2D eigenvalue weighted by Crippen LogP contribution is 2.11. The van der Waals surface area contributed by atoms with Crippen LogP contribution in [0, 0.1) is 0 Å². The summed E-state index contributed by atoms with van der Waals surface area (Å²) in [6.45, 7) is 5.08. The van der Waals surface area contributed by atoms with Crippen molar-refractivity contribution < 1.29 is 13.9 Å². The van der Waals surface area contributed by atoms with Gasteiger partial charge in [-0.1, -0.05) is 18.2 Å². The zero-order valence-electron chi connectivity index (χ0n) is 13.2. The standard InChI is InChI=1S/C18H22N2O3/c21-18(16-7-14-22-15-16)20-11-9-19(10-12-20)8-4-13-23-17-5-2-1-3-6-17/h1-3,5-7,14-15H,4,8-13H2. The lowest BCUT2D eigenvalue weighted by atomic mass is 10.2. The molecule has 1 saturated heterocycles. The Hall–Kier alpha value is -2.27. The summed E-state index contributed by atoms with van der Waals surface area (Å²) < 4.78 is 10.7. The third-order valence-electron chi connectivity index (χ3n) is 4.06. The Morgan fingerprint density at radius 2 is 1.87 bits per heavy atom. The summed E-state index contributed by atoms with van der Waals surface area (Å²) in [6.07, 6.45) is 4.04. The number of para-hydroxylation sites is 1. The number of carbonyl (C=O) groups is 1. The molecule has 0 unspecified atom stereocenters. The molecule has 2 heterocycles. The molecule has 122 valence electrons. The minimum atomic E-state index is 0.0609. The zero-order valence-corrected chi connectivity index (χ0v) is 13.2. The molecule has 0 aliphatic carbocycles. The van der Waals surface area contributed by atoms with Crippen LogP contribution in [-0.4, -0.2) is 55.0 Å². The van der Waals surface area contributed by atoms with Crippen LogP contribution in [0.1, 0.15) is 16.8 Å². The number of nitrogens with zero attached hydrogens (tertiary/aromatic N) is 2. The van der Waals surface area contributed by atoms with Crippen LogP contribution in [-0.2, 0) is 0 Å². The largest absolute Gasteiger partial charge is 0.494 e. The molecule has 5 nitrogen and oxygen atoms in total. The van der Waals surface area contributed by atoms with E-state index in [1.54, 1.807) is 6.07 Å². The maximum atomic E-state index is 12.2. The lowest BCUT2D eigenvalue weighted by Gasteiger charge is -2.34. The molecule has 23 heavy (non-hydrogen) atoms. The van der Waals surface area contributed by atoms with E-state index < -0.39 is 0 Å². The van der Waals surface area contributed by atoms with Crippen molar-refractivity contribution in [2.45, 2.75) is 6.42 Å². The number of ether oxygens (including phenoxy) is 1. The summed E-state index contributed by atoms with van der Waals surface area (Å²) in [6, 6.07) is 11.6. The molecule has 1 amide bonds. The van der Waals surface area contributed by atoms with Gasteiger partial charge in [-0.3, -0.25) is 9.69 Å². The van der Waals surface area contributed by atoms with Crippen molar-refractivity contribution in [2.75, 3.05) is 39.3 Å². The average molecular weight is 314 g/mol. The highest BCUT2D eigenvalue weighted by Gasteiger charge is 2.22. The van der Waals surface area contributed by atoms with Crippen molar-refractivity contribution in [3.8, 4) is 5.75 Å². The summed E-state index contributed by atoms with van der Waals surface area (Å²) in [5.74, 6) is 0.980. The van der Waals surface area contributed by atoms with Gasteiger partial charge in [0.15, 0.2) is 0 Å². The Kier molecular flexibility index (Phi) is 5.32. The highest BCUT2D eigenvalue weighted by atomic mass is 16.5. The van der Waals surface area contributed by atoms with Crippen LogP contribution < -0.4 is 4.74 Å². The van der Waals surface area contributed by atoms with Gasteiger partial charge in [-0.25, -0.2) is 0 Å². The average Bonchev–Trinajstić information content (AvgIpc) is 3.14. The molecule has 1 aromatic carbocycles. The van der Waals surface area contributed by atoms with E-state index in [-0.39, 0.29) is 5.91 Å². The topological polar surface area (TPSA) is 45.9 Å². The second kappa shape index (κ2) is 7.83. The first kappa shape index (κ1) is 15.6. The van der Waals surface area contributed by atoms with Crippen molar-refractivity contribution in [1.29, 1.82) is 0 Å². The maximum Gasteiger partial charge on any atom is 0.257 e. The van der Waals surface area contributed by atoms with E-state index in [0.29, 0.717) is 5.56 Å². The van der Waals surface area contributed by atoms with Crippen molar-refractivity contribution in [2.24, 2.45) is 0 Å². The number of furan rings is 1. The van der Waals surface area contributed by atoms with Gasteiger partial charge in [-0.05, 0) is 24.6 Å². The van der Waals surface area contributed by atoms with Gasteiger partial charge in [0.2, 0.25) is 0 Å². The van der Waals surface area contributed by atoms with Gasteiger partial charge in [-0.2, -0.15) is 0 Å². The van der Waals surface area contributed by atoms with Gasteiger partial charge in [0.05, 0.1) is 18.4 Å². The molecule has 0 N–H and O–H groups in total. The number of hydrogen-bond acceptors (Lipinski definition) is 4. The minimum absolute atomic E-state index is 0.0609. The minimum Gasteiger partial charge on any atom is -0.494 e. The smallest absolute Gasteiger partial charge is 0.257 e. The number of hydrogen-bond donors (Lipinski definition) is 0. The molecule has 0 saturated carbocycles. The second-order valence-electron chi connectivity index (χ2n) is 5.66. The lowest BCUT2D eigenvalue weighted by Crippen LogP contribution is -2.48. The zero-order chi connectivity index (χ0) is 15.9. The van der Waals surface area contributed by atoms with Crippen LogP contribution >= 0.6 is 0 Å². The first-order valence-electron chi connectivity index (χ1n) is 8.04. The summed E-state index contributed by atoms with van der Waals surface area (Å²) in [5, 5.41) is 0. The van der Waals surface area contributed by atoms with Crippen molar-refractivity contribution in [3.05, 3.63) is 54.5 Å². The fourth-order valence-corrected chi connectivity index (χ4v) is 2.74. The molecular formula is C18H22N2O3. The summed E-state index contributed by atoms with van der Waals surface area (Å²) in [5.41, 5.74) is 0.634. The Morgan fingerprint density at radius 3 is 2.57 bits per heavy atom. The molecule has 1 aliphatic heterocycles. The maximum absolute atomic E-state index is 12.2. The third kappa shape index (κ3) is 4.36. The normalized spacial score (nSPS) is 15.6. The number of piperazine rings is 1. The van der Waals surface area contributed by atoms with Crippen LogP contribution in [0.5, 0.6) is 5.75 Å². The Balaban J connectivity index is 1.34. The van der Waals surface area contributed by atoms with E-state index in [4.69, 9.17) is 9.15 Å².